The Balaban J connectivity index is 2.38. The van der Waals surface area contributed by atoms with Crippen LogP contribution in [0, 0.1) is 10.1 Å². The fraction of sp³-hybridized carbons (Fsp3) is 0.462. The first-order valence-electron chi connectivity index (χ1n) is 6.54. The lowest BCUT2D eigenvalue weighted by molar-refractivity contribution is -0.383. The third-order valence-electron chi connectivity index (χ3n) is 3.36. The predicted octanol–water partition coefficient (Wildman–Crippen LogP) is 1.30. The molecule has 1 saturated heterocycles. The predicted molar refractivity (Wildman–Crippen MR) is 77.1 cm³/mol. The smallest absolute Gasteiger partial charge is 0.315 e. The molecule has 1 amide bonds. The molecule has 0 aromatic heterocycles. The molecule has 2 rings (SSSR count). The van der Waals surface area contributed by atoms with E-state index in [4.69, 9.17) is 0 Å². The van der Waals surface area contributed by atoms with Gasteiger partial charge in [0.15, 0.2) is 0 Å². The molecule has 1 N–H and O–H groups in total. The van der Waals surface area contributed by atoms with Gasteiger partial charge >= 0.3 is 5.69 Å². The fourth-order valence-corrected chi connectivity index (χ4v) is 2.28. The monoisotopic (exact) mass is 278 g/mol. The van der Waals surface area contributed by atoms with Gasteiger partial charge in [0.1, 0.15) is 11.4 Å². The summed E-state index contributed by atoms with van der Waals surface area (Å²) in [6.45, 7) is 3.83. The molecule has 0 saturated carbocycles. The molecule has 0 unspecified atom stereocenters. The average molecular weight is 278 g/mol. The minimum atomic E-state index is -0.393. The number of likely N-dealkylation sites (N-methyl/N-ethyl adjacent to an activating group) is 1. The number of para-hydroxylation sites is 1. The Morgan fingerprint density at radius 3 is 2.75 bits per heavy atom. The van der Waals surface area contributed by atoms with E-state index in [9.17, 15) is 14.9 Å². The van der Waals surface area contributed by atoms with Crippen LogP contribution in [0.5, 0.6) is 0 Å². The molecule has 0 atom stereocenters. The van der Waals surface area contributed by atoms with E-state index in [1.807, 2.05) is 6.92 Å². The summed E-state index contributed by atoms with van der Waals surface area (Å²) in [5.41, 5.74) is 1.02. The van der Waals surface area contributed by atoms with E-state index in [2.05, 4.69) is 5.32 Å². The van der Waals surface area contributed by atoms with Gasteiger partial charge in [-0.05, 0) is 19.1 Å². The molecule has 20 heavy (non-hydrogen) atoms. The van der Waals surface area contributed by atoms with E-state index < -0.39 is 4.92 Å². The molecule has 108 valence electrons. The standard InChI is InChI=1S/C13H18N4O3/c1-3-14-10-5-4-6-11(13(10)17(19)20)16-8-7-15(2)12(18)9-16/h4-6,14H,3,7-9H2,1-2H3. The molecule has 7 heteroatoms. The zero-order valence-electron chi connectivity index (χ0n) is 11.6. The van der Waals surface area contributed by atoms with Gasteiger partial charge in [-0.3, -0.25) is 14.9 Å². The molecule has 1 heterocycles. The van der Waals surface area contributed by atoms with Gasteiger partial charge in [0.05, 0.1) is 11.5 Å². The highest BCUT2D eigenvalue weighted by Gasteiger charge is 2.28. The fourth-order valence-electron chi connectivity index (χ4n) is 2.28. The number of hydrogen-bond acceptors (Lipinski definition) is 5. The van der Waals surface area contributed by atoms with Crippen LogP contribution in [-0.2, 0) is 4.79 Å². The first-order valence-corrected chi connectivity index (χ1v) is 6.54. The van der Waals surface area contributed by atoms with Crippen LogP contribution in [0.15, 0.2) is 18.2 Å². The van der Waals surface area contributed by atoms with Crippen molar-refractivity contribution in [2.45, 2.75) is 6.92 Å². The summed E-state index contributed by atoms with van der Waals surface area (Å²) in [5, 5.41) is 14.3. The van der Waals surface area contributed by atoms with Crippen LogP contribution in [0.1, 0.15) is 6.92 Å². The number of rotatable bonds is 4. The average Bonchev–Trinajstić information content (AvgIpc) is 2.42. The number of piperazine rings is 1. The Morgan fingerprint density at radius 2 is 2.15 bits per heavy atom. The van der Waals surface area contributed by atoms with Gasteiger partial charge in [0.25, 0.3) is 0 Å². The summed E-state index contributed by atoms with van der Waals surface area (Å²) >= 11 is 0. The molecular formula is C13H18N4O3. The maximum Gasteiger partial charge on any atom is 0.315 e. The van der Waals surface area contributed by atoms with E-state index in [1.165, 1.54) is 0 Å². The Labute approximate surface area is 117 Å². The zero-order chi connectivity index (χ0) is 14.7. The molecule has 1 aromatic carbocycles. The van der Waals surface area contributed by atoms with Crippen molar-refractivity contribution in [3.63, 3.8) is 0 Å². The number of nitrogens with one attached hydrogen (secondary N) is 1. The SMILES string of the molecule is CCNc1cccc(N2CCN(C)C(=O)C2)c1[N+](=O)[O-]. The number of hydrogen-bond donors (Lipinski definition) is 1. The summed E-state index contributed by atoms with van der Waals surface area (Å²) in [5.74, 6) is -0.0283. The van der Waals surface area contributed by atoms with Gasteiger partial charge in [-0.1, -0.05) is 6.07 Å². The summed E-state index contributed by atoms with van der Waals surface area (Å²) < 4.78 is 0. The van der Waals surface area contributed by atoms with Crippen LogP contribution in [0.2, 0.25) is 0 Å². The second kappa shape index (κ2) is 5.77. The Hall–Kier alpha value is -2.31. The number of anilines is 2. The first-order chi connectivity index (χ1) is 9.54. The number of nitro benzene ring substituents is 1. The van der Waals surface area contributed by atoms with Gasteiger partial charge in [-0.25, -0.2) is 0 Å². The number of nitro groups is 1. The molecule has 1 fully saturated rings. The van der Waals surface area contributed by atoms with Crippen LogP contribution in [0.25, 0.3) is 0 Å². The van der Waals surface area contributed by atoms with E-state index >= 15 is 0 Å². The highest BCUT2D eigenvalue weighted by molar-refractivity contribution is 5.86. The minimum absolute atomic E-state index is 0.0283. The van der Waals surface area contributed by atoms with Gasteiger partial charge in [-0.2, -0.15) is 0 Å². The van der Waals surface area contributed by atoms with Gasteiger partial charge < -0.3 is 15.1 Å². The quantitative estimate of drug-likeness (QED) is 0.663. The second-order valence-corrected chi connectivity index (χ2v) is 4.70. The maximum absolute atomic E-state index is 11.8. The molecule has 1 aromatic rings. The Bertz CT molecular complexity index is 532. The first kappa shape index (κ1) is 14.1. The van der Waals surface area contributed by atoms with E-state index in [0.717, 1.165) is 0 Å². The largest absolute Gasteiger partial charge is 0.380 e. The van der Waals surface area contributed by atoms with Crippen molar-refractivity contribution in [3.8, 4) is 0 Å². The molecule has 7 nitrogen and oxygen atoms in total. The molecule has 0 aliphatic carbocycles. The van der Waals surface area contributed by atoms with Gasteiger partial charge in [-0.15, -0.1) is 0 Å². The van der Waals surface area contributed by atoms with E-state index in [0.29, 0.717) is 31.0 Å². The van der Waals surface area contributed by atoms with Crippen molar-refractivity contribution in [3.05, 3.63) is 28.3 Å². The summed E-state index contributed by atoms with van der Waals surface area (Å²) in [4.78, 5) is 26.1. The van der Waals surface area contributed by atoms with Crippen LogP contribution in [0.3, 0.4) is 0 Å². The molecular weight excluding hydrogens is 260 g/mol. The molecule has 1 aliphatic heterocycles. The number of nitrogens with zero attached hydrogens (tertiary/aromatic N) is 3. The minimum Gasteiger partial charge on any atom is -0.380 e. The highest BCUT2D eigenvalue weighted by Crippen LogP contribution is 2.35. The van der Waals surface area contributed by atoms with E-state index in [1.54, 1.807) is 35.0 Å². The van der Waals surface area contributed by atoms with Gasteiger partial charge in [0, 0.05) is 26.7 Å². The lowest BCUT2D eigenvalue weighted by Crippen LogP contribution is -2.48. The van der Waals surface area contributed by atoms with Crippen molar-refractivity contribution < 1.29 is 9.72 Å². The summed E-state index contributed by atoms with van der Waals surface area (Å²) in [6.07, 6.45) is 0. The third-order valence-corrected chi connectivity index (χ3v) is 3.36. The highest BCUT2D eigenvalue weighted by atomic mass is 16.6. The van der Waals surface area contributed by atoms with Crippen LogP contribution >= 0.6 is 0 Å². The van der Waals surface area contributed by atoms with Crippen molar-refractivity contribution >= 4 is 23.0 Å². The van der Waals surface area contributed by atoms with Crippen molar-refractivity contribution in [2.24, 2.45) is 0 Å². The molecule has 0 bridgehead atoms. The third kappa shape index (κ3) is 2.66. The Kier molecular flexibility index (Phi) is 4.07. The van der Waals surface area contributed by atoms with Crippen molar-refractivity contribution in [1.82, 2.24) is 4.90 Å². The van der Waals surface area contributed by atoms with Crippen molar-refractivity contribution in [2.75, 3.05) is 43.4 Å². The maximum atomic E-state index is 11.8. The molecule has 0 spiro atoms. The normalized spacial score (nSPS) is 15.4. The van der Waals surface area contributed by atoms with Crippen LogP contribution in [-0.4, -0.2) is 49.0 Å². The number of carbonyl (C=O) groups excluding carboxylic acids is 1. The zero-order valence-corrected chi connectivity index (χ0v) is 11.6. The summed E-state index contributed by atoms with van der Waals surface area (Å²) in [7, 11) is 1.74. The van der Waals surface area contributed by atoms with Gasteiger partial charge in [0.2, 0.25) is 5.91 Å². The Morgan fingerprint density at radius 1 is 1.40 bits per heavy atom. The summed E-state index contributed by atoms with van der Waals surface area (Å²) in [6, 6.07) is 5.14. The number of benzene rings is 1. The number of carbonyl (C=O) groups is 1. The van der Waals surface area contributed by atoms with E-state index in [-0.39, 0.29) is 18.1 Å². The molecule has 0 radical (unpaired) electrons. The lowest BCUT2D eigenvalue weighted by atomic mass is 10.2. The van der Waals surface area contributed by atoms with Crippen LogP contribution in [0.4, 0.5) is 17.1 Å². The molecule has 1 aliphatic rings. The lowest BCUT2D eigenvalue weighted by Gasteiger charge is -2.33. The van der Waals surface area contributed by atoms with Crippen molar-refractivity contribution in [1.29, 1.82) is 0 Å². The topological polar surface area (TPSA) is 78.7 Å². The van der Waals surface area contributed by atoms with Crippen LogP contribution < -0.4 is 10.2 Å². The number of amides is 1. The second-order valence-electron chi connectivity index (χ2n) is 4.70.